The molecule has 0 amide bonds. The number of thiophene rings is 1. The van der Waals surface area contributed by atoms with Crippen LogP contribution in [-0.2, 0) is 9.53 Å². The summed E-state index contributed by atoms with van der Waals surface area (Å²) in [6, 6.07) is 5.30. The van der Waals surface area contributed by atoms with Crippen molar-refractivity contribution in [2.24, 2.45) is 0 Å². The fourth-order valence-corrected chi connectivity index (χ4v) is 3.89. The summed E-state index contributed by atoms with van der Waals surface area (Å²) in [6.45, 7) is 5.51. The molecule has 0 aliphatic heterocycles. The number of hydrogen-bond acceptors (Lipinski definition) is 7. The van der Waals surface area contributed by atoms with Gasteiger partial charge in [0.1, 0.15) is 4.83 Å². The molecule has 1 N–H and O–H groups in total. The molecule has 2 heterocycles. The van der Waals surface area contributed by atoms with Crippen molar-refractivity contribution in [1.29, 1.82) is 0 Å². The number of aryl methyl sites for hydroxylation is 2. The third kappa shape index (κ3) is 4.32. The topological polar surface area (TPSA) is 90.5 Å². The zero-order valence-corrected chi connectivity index (χ0v) is 17.7. The van der Waals surface area contributed by atoms with Crippen LogP contribution in [0.25, 0.3) is 16.3 Å². The van der Waals surface area contributed by atoms with Crippen molar-refractivity contribution < 1.29 is 19.0 Å². The summed E-state index contributed by atoms with van der Waals surface area (Å²) in [5, 5.41) is 0.586. The van der Waals surface area contributed by atoms with Crippen LogP contribution in [0.5, 0.6) is 11.5 Å². The number of aromatic amines is 1. The van der Waals surface area contributed by atoms with E-state index in [0.717, 1.165) is 16.0 Å². The van der Waals surface area contributed by atoms with Gasteiger partial charge in [-0.05, 0) is 50.1 Å². The summed E-state index contributed by atoms with van der Waals surface area (Å²) in [5.41, 5.74) is 1.45. The van der Waals surface area contributed by atoms with Crippen molar-refractivity contribution in [3.63, 3.8) is 0 Å². The van der Waals surface area contributed by atoms with E-state index in [4.69, 9.17) is 14.2 Å². The van der Waals surface area contributed by atoms with Gasteiger partial charge in [0.15, 0.2) is 23.4 Å². The lowest BCUT2D eigenvalue weighted by Crippen LogP contribution is -2.16. The van der Waals surface area contributed by atoms with Gasteiger partial charge < -0.3 is 19.2 Å². The standard InChI is InChI=1S/C21H22N2O5S/c1-11-13(3)29-21-18(11)20(25)22-19(23-21)12(2)28-17(24)9-7-14-6-8-15(26-4)16(10-14)27-5/h6-10,12H,1-5H3,(H,22,23,25)/b9-7+/t12-/m0/s1. The summed E-state index contributed by atoms with van der Waals surface area (Å²) < 4.78 is 15.8. The molecule has 2 aromatic heterocycles. The molecule has 29 heavy (non-hydrogen) atoms. The Balaban J connectivity index is 1.74. The second kappa shape index (κ2) is 8.48. The Bertz CT molecular complexity index is 1150. The van der Waals surface area contributed by atoms with E-state index >= 15 is 0 Å². The zero-order valence-electron chi connectivity index (χ0n) is 16.9. The minimum absolute atomic E-state index is 0.226. The molecule has 0 fully saturated rings. The monoisotopic (exact) mass is 414 g/mol. The van der Waals surface area contributed by atoms with E-state index in [2.05, 4.69) is 9.97 Å². The minimum atomic E-state index is -0.697. The molecule has 0 saturated carbocycles. The van der Waals surface area contributed by atoms with E-state index in [1.807, 2.05) is 13.8 Å². The molecule has 152 valence electrons. The number of carbonyl (C=O) groups excluding carboxylic acids is 1. The number of ether oxygens (including phenoxy) is 3. The van der Waals surface area contributed by atoms with Crippen LogP contribution in [0.15, 0.2) is 29.1 Å². The Morgan fingerprint density at radius 2 is 1.93 bits per heavy atom. The Hall–Kier alpha value is -3.13. The van der Waals surface area contributed by atoms with Crippen molar-refractivity contribution in [2.75, 3.05) is 14.2 Å². The van der Waals surface area contributed by atoms with Crippen LogP contribution < -0.4 is 15.0 Å². The zero-order chi connectivity index (χ0) is 21.1. The highest BCUT2D eigenvalue weighted by Crippen LogP contribution is 2.28. The highest BCUT2D eigenvalue weighted by Gasteiger charge is 2.17. The van der Waals surface area contributed by atoms with Crippen LogP contribution in [0.1, 0.15) is 34.9 Å². The van der Waals surface area contributed by atoms with Crippen LogP contribution in [-0.4, -0.2) is 30.2 Å². The molecule has 0 aliphatic rings. The van der Waals surface area contributed by atoms with Crippen LogP contribution in [0.2, 0.25) is 0 Å². The van der Waals surface area contributed by atoms with Gasteiger partial charge in [0, 0.05) is 11.0 Å². The molecule has 3 rings (SSSR count). The number of aromatic nitrogens is 2. The highest BCUT2D eigenvalue weighted by atomic mass is 32.1. The van der Waals surface area contributed by atoms with Gasteiger partial charge in [0.2, 0.25) is 0 Å². The van der Waals surface area contributed by atoms with E-state index in [9.17, 15) is 9.59 Å². The van der Waals surface area contributed by atoms with Crippen LogP contribution in [0, 0.1) is 13.8 Å². The Morgan fingerprint density at radius 3 is 2.62 bits per heavy atom. The Morgan fingerprint density at radius 1 is 1.21 bits per heavy atom. The fourth-order valence-electron chi connectivity index (χ4n) is 2.85. The Labute approximate surface area is 172 Å². The van der Waals surface area contributed by atoms with Gasteiger partial charge >= 0.3 is 5.97 Å². The number of fused-ring (bicyclic) bond motifs is 1. The highest BCUT2D eigenvalue weighted by molar-refractivity contribution is 7.18. The summed E-state index contributed by atoms with van der Waals surface area (Å²) in [4.78, 5) is 33.4. The van der Waals surface area contributed by atoms with Crippen molar-refractivity contribution in [3.8, 4) is 11.5 Å². The molecule has 3 aromatic rings. The number of carbonyl (C=O) groups is 1. The van der Waals surface area contributed by atoms with Crippen LogP contribution in [0.3, 0.4) is 0 Å². The molecule has 0 unspecified atom stereocenters. The molecule has 0 radical (unpaired) electrons. The van der Waals surface area contributed by atoms with Gasteiger partial charge in [-0.15, -0.1) is 11.3 Å². The van der Waals surface area contributed by atoms with E-state index in [1.54, 1.807) is 45.4 Å². The first-order valence-corrected chi connectivity index (χ1v) is 9.76. The number of rotatable bonds is 6. The van der Waals surface area contributed by atoms with Gasteiger partial charge in [-0.1, -0.05) is 6.07 Å². The normalized spacial score (nSPS) is 12.3. The molecule has 0 spiro atoms. The maximum absolute atomic E-state index is 12.4. The first kappa shape index (κ1) is 20.6. The van der Waals surface area contributed by atoms with E-state index in [0.29, 0.717) is 27.5 Å². The average Bonchev–Trinajstić information content (AvgIpc) is 3.00. The number of methoxy groups -OCH3 is 2. The maximum Gasteiger partial charge on any atom is 0.331 e. The molecule has 1 atom stereocenters. The van der Waals surface area contributed by atoms with Crippen molar-refractivity contribution in [1.82, 2.24) is 9.97 Å². The average molecular weight is 414 g/mol. The number of nitrogens with zero attached hydrogens (tertiary/aromatic N) is 1. The first-order chi connectivity index (χ1) is 13.8. The summed E-state index contributed by atoms with van der Waals surface area (Å²) >= 11 is 1.45. The lowest BCUT2D eigenvalue weighted by atomic mass is 10.2. The number of esters is 1. The van der Waals surface area contributed by atoms with E-state index in [-0.39, 0.29) is 5.56 Å². The lowest BCUT2D eigenvalue weighted by molar-refractivity contribution is -0.142. The molecular formula is C21H22N2O5S. The molecule has 0 bridgehead atoms. The number of nitrogens with one attached hydrogen (secondary N) is 1. The maximum atomic E-state index is 12.4. The van der Waals surface area contributed by atoms with Gasteiger partial charge in [0.05, 0.1) is 19.6 Å². The second-order valence-electron chi connectivity index (χ2n) is 6.44. The fraction of sp³-hybridized carbons (Fsp3) is 0.286. The van der Waals surface area contributed by atoms with Crippen molar-refractivity contribution >= 4 is 33.6 Å². The SMILES string of the molecule is COc1ccc(/C=C/C(=O)O[C@@H](C)c2nc3sc(C)c(C)c3c(=O)[nH]2)cc1OC. The minimum Gasteiger partial charge on any atom is -0.493 e. The van der Waals surface area contributed by atoms with Crippen LogP contribution >= 0.6 is 11.3 Å². The van der Waals surface area contributed by atoms with Crippen LogP contribution in [0.4, 0.5) is 0 Å². The number of benzene rings is 1. The first-order valence-electron chi connectivity index (χ1n) is 8.94. The summed E-state index contributed by atoms with van der Waals surface area (Å²) in [6.07, 6.45) is 2.23. The molecule has 7 nitrogen and oxygen atoms in total. The molecule has 1 aromatic carbocycles. The third-order valence-electron chi connectivity index (χ3n) is 4.55. The number of H-pyrrole nitrogens is 1. The van der Waals surface area contributed by atoms with Gasteiger partial charge in [-0.3, -0.25) is 4.79 Å². The lowest BCUT2D eigenvalue weighted by Gasteiger charge is -2.11. The van der Waals surface area contributed by atoms with E-state index in [1.165, 1.54) is 17.4 Å². The van der Waals surface area contributed by atoms with Gasteiger partial charge in [-0.2, -0.15) is 0 Å². The third-order valence-corrected chi connectivity index (χ3v) is 5.66. The quantitative estimate of drug-likeness (QED) is 0.485. The smallest absolute Gasteiger partial charge is 0.331 e. The predicted octanol–water partition coefficient (Wildman–Crippen LogP) is 3.94. The Kier molecular flexibility index (Phi) is 6.03. The number of hydrogen-bond donors (Lipinski definition) is 1. The van der Waals surface area contributed by atoms with Crippen molar-refractivity contribution in [2.45, 2.75) is 26.9 Å². The summed E-state index contributed by atoms with van der Waals surface area (Å²) in [7, 11) is 3.10. The predicted molar refractivity (Wildman–Crippen MR) is 113 cm³/mol. The largest absolute Gasteiger partial charge is 0.493 e. The van der Waals surface area contributed by atoms with Gasteiger partial charge in [0.25, 0.3) is 5.56 Å². The molecule has 8 heteroatoms. The second-order valence-corrected chi connectivity index (χ2v) is 7.64. The molecule has 0 aliphatic carbocycles. The molecule has 0 saturated heterocycles. The molecular weight excluding hydrogens is 392 g/mol. The van der Waals surface area contributed by atoms with Crippen molar-refractivity contribution in [3.05, 3.63) is 56.5 Å². The summed E-state index contributed by atoms with van der Waals surface area (Å²) in [5.74, 6) is 0.934. The van der Waals surface area contributed by atoms with E-state index < -0.39 is 12.1 Å². The van der Waals surface area contributed by atoms with Gasteiger partial charge in [-0.25, -0.2) is 9.78 Å².